The van der Waals surface area contributed by atoms with Crippen LogP contribution in [0.1, 0.15) is 19.2 Å². The number of imidazole rings is 1. The van der Waals surface area contributed by atoms with Crippen molar-refractivity contribution in [3.63, 3.8) is 0 Å². The quantitative estimate of drug-likeness (QED) is 0.641. The van der Waals surface area contributed by atoms with E-state index in [0.717, 1.165) is 56.4 Å². The van der Waals surface area contributed by atoms with E-state index in [1.807, 2.05) is 19.3 Å². The van der Waals surface area contributed by atoms with Crippen molar-refractivity contribution in [1.29, 1.82) is 0 Å². The molecule has 1 aliphatic heterocycles. The van der Waals surface area contributed by atoms with E-state index in [4.69, 9.17) is 4.98 Å². The lowest BCUT2D eigenvalue weighted by Crippen LogP contribution is -2.48. The zero-order valence-corrected chi connectivity index (χ0v) is 14.8. The average molecular weight is 326 g/mol. The molecule has 1 aliphatic rings. The monoisotopic (exact) mass is 326 g/mol. The zero-order chi connectivity index (χ0) is 16.9. The lowest BCUT2D eigenvalue weighted by molar-refractivity contribution is 0.170. The first-order valence-electron chi connectivity index (χ1n) is 8.60. The highest BCUT2D eigenvalue weighted by Gasteiger charge is 2.20. The SMILES string of the molecule is CC/C=N\C(=NC)N1CCN(Cc2nc3ccccc3n2C)CC1. The standard InChI is InChI=1S/C18H26N6/c1-4-9-20-18(19-2)24-12-10-23(11-13-24)14-17-21-15-7-5-6-8-16(15)22(17)3/h5-9H,4,10-14H2,1-3H3/b19-18?,20-9-. The fourth-order valence-corrected chi connectivity index (χ4v) is 3.10. The van der Waals surface area contributed by atoms with Crippen LogP contribution in [0.15, 0.2) is 34.3 Å². The number of aryl methyl sites for hydroxylation is 1. The average Bonchev–Trinajstić information content (AvgIpc) is 2.93. The minimum absolute atomic E-state index is 0.847. The van der Waals surface area contributed by atoms with Crippen molar-refractivity contribution in [2.75, 3.05) is 33.2 Å². The molecule has 1 aromatic heterocycles. The fraction of sp³-hybridized carbons (Fsp3) is 0.500. The van der Waals surface area contributed by atoms with Crippen molar-refractivity contribution < 1.29 is 0 Å². The number of hydrogen-bond donors (Lipinski definition) is 0. The van der Waals surface area contributed by atoms with Crippen LogP contribution in [0, 0.1) is 0 Å². The Morgan fingerprint density at radius 2 is 1.96 bits per heavy atom. The molecule has 0 atom stereocenters. The molecule has 1 saturated heterocycles. The van der Waals surface area contributed by atoms with Crippen LogP contribution >= 0.6 is 0 Å². The summed E-state index contributed by atoms with van der Waals surface area (Å²) >= 11 is 0. The number of fused-ring (bicyclic) bond motifs is 1. The van der Waals surface area contributed by atoms with E-state index in [-0.39, 0.29) is 0 Å². The minimum Gasteiger partial charge on any atom is -0.339 e. The molecule has 24 heavy (non-hydrogen) atoms. The number of para-hydroxylation sites is 2. The van der Waals surface area contributed by atoms with Gasteiger partial charge in [-0.15, -0.1) is 0 Å². The van der Waals surface area contributed by atoms with Gasteiger partial charge in [-0.05, 0) is 18.6 Å². The predicted octanol–water partition coefficient (Wildman–Crippen LogP) is 2.16. The highest BCUT2D eigenvalue weighted by molar-refractivity contribution is 5.87. The summed E-state index contributed by atoms with van der Waals surface area (Å²) in [6.45, 7) is 6.89. The Morgan fingerprint density at radius 3 is 2.62 bits per heavy atom. The van der Waals surface area contributed by atoms with Crippen LogP contribution < -0.4 is 0 Å². The van der Waals surface area contributed by atoms with Crippen LogP contribution in [0.25, 0.3) is 11.0 Å². The van der Waals surface area contributed by atoms with E-state index in [1.165, 1.54) is 5.52 Å². The lowest BCUT2D eigenvalue weighted by atomic mass is 10.3. The number of aliphatic imine (C=N–C) groups is 2. The van der Waals surface area contributed by atoms with Gasteiger partial charge < -0.3 is 9.47 Å². The van der Waals surface area contributed by atoms with E-state index in [1.54, 1.807) is 0 Å². The first-order valence-corrected chi connectivity index (χ1v) is 8.60. The minimum atomic E-state index is 0.847. The molecular weight excluding hydrogens is 300 g/mol. The van der Waals surface area contributed by atoms with Crippen molar-refractivity contribution >= 4 is 23.2 Å². The van der Waals surface area contributed by atoms with Crippen molar-refractivity contribution in [2.24, 2.45) is 17.0 Å². The van der Waals surface area contributed by atoms with E-state index in [9.17, 15) is 0 Å². The molecule has 6 nitrogen and oxygen atoms in total. The summed E-state index contributed by atoms with van der Waals surface area (Å²) < 4.78 is 2.20. The molecule has 0 aliphatic carbocycles. The largest absolute Gasteiger partial charge is 0.339 e. The Labute approximate surface area is 143 Å². The van der Waals surface area contributed by atoms with E-state index in [2.05, 4.69) is 56.5 Å². The van der Waals surface area contributed by atoms with E-state index >= 15 is 0 Å². The number of benzene rings is 1. The molecule has 1 aromatic carbocycles. The molecule has 0 radical (unpaired) electrons. The summed E-state index contributed by atoms with van der Waals surface area (Å²) in [5.41, 5.74) is 2.27. The van der Waals surface area contributed by atoms with Crippen molar-refractivity contribution in [3.05, 3.63) is 30.1 Å². The molecule has 0 spiro atoms. The van der Waals surface area contributed by atoms with Gasteiger partial charge in [0.05, 0.1) is 17.6 Å². The van der Waals surface area contributed by atoms with Gasteiger partial charge in [-0.1, -0.05) is 19.1 Å². The summed E-state index contributed by atoms with van der Waals surface area (Å²) in [5.74, 6) is 1.97. The number of guanidine groups is 1. The Morgan fingerprint density at radius 1 is 1.21 bits per heavy atom. The zero-order valence-electron chi connectivity index (χ0n) is 14.8. The molecule has 0 saturated carbocycles. The third-order valence-electron chi connectivity index (χ3n) is 4.49. The summed E-state index contributed by atoms with van der Waals surface area (Å²) in [7, 11) is 3.91. The number of aromatic nitrogens is 2. The third-order valence-corrected chi connectivity index (χ3v) is 4.49. The second kappa shape index (κ2) is 7.57. The molecule has 0 unspecified atom stereocenters. The normalized spacial score (nSPS) is 17.3. The Kier molecular flexibility index (Phi) is 5.25. The predicted molar refractivity (Wildman–Crippen MR) is 99.7 cm³/mol. The highest BCUT2D eigenvalue weighted by atomic mass is 15.3. The van der Waals surface area contributed by atoms with Crippen LogP contribution in [0.2, 0.25) is 0 Å². The summed E-state index contributed by atoms with van der Waals surface area (Å²) in [4.78, 5) is 18.3. The van der Waals surface area contributed by atoms with Crippen LogP contribution in [-0.2, 0) is 13.6 Å². The van der Waals surface area contributed by atoms with Gasteiger partial charge in [-0.3, -0.25) is 9.89 Å². The first-order chi connectivity index (χ1) is 11.7. The van der Waals surface area contributed by atoms with E-state index < -0.39 is 0 Å². The van der Waals surface area contributed by atoms with Gasteiger partial charge in [-0.25, -0.2) is 9.98 Å². The van der Waals surface area contributed by atoms with Crippen LogP contribution in [0.4, 0.5) is 0 Å². The second-order valence-corrected chi connectivity index (χ2v) is 6.08. The summed E-state index contributed by atoms with van der Waals surface area (Å²) in [5, 5.41) is 0. The highest BCUT2D eigenvalue weighted by Crippen LogP contribution is 2.16. The van der Waals surface area contributed by atoms with Gasteiger partial charge in [0.25, 0.3) is 0 Å². The molecule has 2 aromatic rings. The molecular formula is C18H26N6. The fourth-order valence-electron chi connectivity index (χ4n) is 3.10. The maximum absolute atomic E-state index is 4.78. The van der Waals surface area contributed by atoms with Gasteiger partial charge in [0.2, 0.25) is 5.96 Å². The molecule has 0 amide bonds. The topological polar surface area (TPSA) is 49.0 Å². The molecule has 1 fully saturated rings. The van der Waals surface area contributed by atoms with Crippen molar-refractivity contribution in [1.82, 2.24) is 19.4 Å². The van der Waals surface area contributed by atoms with Crippen LogP contribution in [0.3, 0.4) is 0 Å². The Bertz CT molecular complexity index is 737. The molecule has 3 rings (SSSR count). The Balaban J connectivity index is 1.62. The number of piperazine rings is 1. The van der Waals surface area contributed by atoms with Gasteiger partial charge in [0.1, 0.15) is 5.82 Å². The maximum Gasteiger partial charge on any atom is 0.220 e. The van der Waals surface area contributed by atoms with Crippen LogP contribution in [0.5, 0.6) is 0 Å². The number of rotatable bonds is 3. The molecule has 128 valence electrons. The van der Waals surface area contributed by atoms with Gasteiger partial charge >= 0.3 is 0 Å². The van der Waals surface area contributed by atoms with Gasteiger partial charge in [-0.2, -0.15) is 0 Å². The number of hydrogen-bond acceptors (Lipinski definition) is 3. The molecule has 6 heteroatoms. The second-order valence-electron chi connectivity index (χ2n) is 6.08. The molecule has 0 N–H and O–H groups in total. The maximum atomic E-state index is 4.78. The number of nitrogens with zero attached hydrogens (tertiary/aromatic N) is 6. The summed E-state index contributed by atoms with van der Waals surface area (Å²) in [6.07, 6.45) is 2.86. The Hall–Kier alpha value is -2.21. The van der Waals surface area contributed by atoms with Crippen molar-refractivity contribution in [3.8, 4) is 0 Å². The van der Waals surface area contributed by atoms with E-state index in [0.29, 0.717) is 0 Å². The van der Waals surface area contributed by atoms with Gasteiger partial charge in [0.15, 0.2) is 0 Å². The lowest BCUT2D eigenvalue weighted by Gasteiger charge is -2.34. The molecule has 2 heterocycles. The van der Waals surface area contributed by atoms with Crippen molar-refractivity contribution in [2.45, 2.75) is 19.9 Å². The smallest absolute Gasteiger partial charge is 0.220 e. The third kappa shape index (κ3) is 3.48. The molecule has 0 bridgehead atoms. The summed E-state index contributed by atoms with van der Waals surface area (Å²) in [6, 6.07) is 8.31. The first kappa shape index (κ1) is 16.6. The van der Waals surface area contributed by atoms with Gasteiger partial charge in [0, 0.05) is 46.5 Å². The van der Waals surface area contributed by atoms with Crippen LogP contribution in [-0.4, -0.2) is 64.8 Å².